The van der Waals surface area contributed by atoms with Gasteiger partial charge >= 0.3 is 0 Å². The van der Waals surface area contributed by atoms with Crippen molar-refractivity contribution in [3.05, 3.63) is 0 Å². The number of hydrogen-bond donors (Lipinski definition) is 3. The van der Waals surface area contributed by atoms with Gasteiger partial charge in [0, 0.05) is 17.0 Å². The fraction of sp³-hybridized carbons (Fsp3) is 0.875. The van der Waals surface area contributed by atoms with E-state index in [0.717, 1.165) is 17.4 Å². The Morgan fingerprint density at radius 3 is 2.92 bits per heavy atom. The first kappa shape index (κ1) is 10.7. The Balaban J connectivity index is 2.32. The average molecular weight is 203 g/mol. The molecule has 5 heteroatoms. The van der Waals surface area contributed by atoms with Gasteiger partial charge in [-0.05, 0) is 13.3 Å². The van der Waals surface area contributed by atoms with Gasteiger partial charge in [0.15, 0.2) is 5.84 Å². The lowest BCUT2D eigenvalue weighted by atomic mass is 10.1. The largest absolute Gasteiger partial charge is 0.409 e. The highest BCUT2D eigenvalue weighted by Crippen LogP contribution is 2.26. The van der Waals surface area contributed by atoms with E-state index in [9.17, 15) is 0 Å². The first-order valence-corrected chi connectivity index (χ1v) is 5.53. The molecule has 1 rings (SSSR count). The highest BCUT2D eigenvalue weighted by atomic mass is 32.2. The quantitative estimate of drug-likeness (QED) is 0.272. The maximum absolute atomic E-state index is 8.45. The molecule has 0 bridgehead atoms. The highest BCUT2D eigenvalue weighted by molar-refractivity contribution is 8.00. The topological polar surface area (TPSA) is 70.6 Å². The molecule has 1 saturated heterocycles. The molecule has 1 aliphatic heterocycles. The van der Waals surface area contributed by atoms with Crippen molar-refractivity contribution >= 4 is 17.6 Å². The van der Waals surface area contributed by atoms with Crippen LogP contribution in [0.2, 0.25) is 0 Å². The SMILES string of the molecule is CC1CC(NC(C)/C(N)=N/O)CS1. The number of thioether (sulfide) groups is 1. The number of nitrogens with two attached hydrogens (primary N) is 1. The standard InChI is InChI=1S/C8H17N3OS/c1-5-3-7(4-13-5)10-6(2)8(9)11-12/h5-7,10,12H,3-4H2,1-2H3,(H2,9,11). The van der Waals surface area contributed by atoms with Crippen LogP contribution < -0.4 is 11.1 Å². The van der Waals surface area contributed by atoms with Crippen molar-refractivity contribution in [3.63, 3.8) is 0 Å². The number of nitrogens with zero attached hydrogens (tertiary/aromatic N) is 1. The third-order valence-corrected chi connectivity index (χ3v) is 3.60. The van der Waals surface area contributed by atoms with E-state index in [1.807, 2.05) is 18.7 Å². The minimum atomic E-state index is -0.0408. The Kier molecular flexibility index (Phi) is 3.87. The van der Waals surface area contributed by atoms with E-state index in [0.29, 0.717) is 6.04 Å². The van der Waals surface area contributed by atoms with Crippen LogP contribution >= 0.6 is 11.8 Å². The molecule has 0 saturated carbocycles. The van der Waals surface area contributed by atoms with E-state index in [1.54, 1.807) is 0 Å². The van der Waals surface area contributed by atoms with Crippen molar-refractivity contribution in [2.24, 2.45) is 10.9 Å². The van der Waals surface area contributed by atoms with Gasteiger partial charge < -0.3 is 16.3 Å². The lowest BCUT2D eigenvalue weighted by Crippen LogP contribution is -2.44. The molecular weight excluding hydrogens is 186 g/mol. The van der Waals surface area contributed by atoms with Crippen LogP contribution in [0.5, 0.6) is 0 Å². The maximum atomic E-state index is 8.45. The van der Waals surface area contributed by atoms with Crippen LogP contribution in [-0.2, 0) is 0 Å². The molecule has 4 N–H and O–H groups in total. The summed E-state index contributed by atoms with van der Waals surface area (Å²) in [4.78, 5) is 0. The molecule has 3 unspecified atom stereocenters. The predicted octanol–water partition coefficient (Wildman–Crippen LogP) is 0.605. The Hall–Kier alpha value is -0.420. The van der Waals surface area contributed by atoms with Gasteiger partial charge in [-0.15, -0.1) is 0 Å². The van der Waals surface area contributed by atoms with Gasteiger partial charge in [0.05, 0.1) is 6.04 Å². The van der Waals surface area contributed by atoms with Crippen LogP contribution in [0.4, 0.5) is 0 Å². The number of rotatable bonds is 3. The molecule has 0 aromatic heterocycles. The van der Waals surface area contributed by atoms with Crippen molar-refractivity contribution in [1.29, 1.82) is 0 Å². The number of hydrogen-bond acceptors (Lipinski definition) is 4. The molecule has 0 spiro atoms. The molecule has 1 heterocycles. The van der Waals surface area contributed by atoms with Crippen molar-refractivity contribution in [3.8, 4) is 0 Å². The summed E-state index contributed by atoms with van der Waals surface area (Å²) < 4.78 is 0. The summed E-state index contributed by atoms with van der Waals surface area (Å²) in [6, 6.07) is 0.455. The van der Waals surface area contributed by atoms with Crippen molar-refractivity contribution in [1.82, 2.24) is 5.32 Å². The molecule has 0 aromatic rings. The molecule has 0 radical (unpaired) electrons. The Bertz CT molecular complexity index is 198. The van der Waals surface area contributed by atoms with Gasteiger partial charge in [-0.3, -0.25) is 0 Å². The zero-order valence-electron chi connectivity index (χ0n) is 8.03. The summed E-state index contributed by atoms with van der Waals surface area (Å²) in [5.41, 5.74) is 5.46. The molecule has 4 nitrogen and oxygen atoms in total. The second-order valence-electron chi connectivity index (χ2n) is 3.49. The first-order chi connectivity index (χ1) is 6.13. The van der Waals surface area contributed by atoms with Gasteiger partial charge in [0.25, 0.3) is 0 Å². The second-order valence-corrected chi connectivity index (χ2v) is 4.96. The predicted molar refractivity (Wildman–Crippen MR) is 56.3 cm³/mol. The molecule has 1 aliphatic rings. The van der Waals surface area contributed by atoms with Gasteiger partial charge in [0.2, 0.25) is 0 Å². The summed E-state index contributed by atoms with van der Waals surface area (Å²) in [6.07, 6.45) is 1.16. The molecule has 3 atom stereocenters. The van der Waals surface area contributed by atoms with E-state index >= 15 is 0 Å². The van der Waals surface area contributed by atoms with E-state index in [1.165, 1.54) is 0 Å². The zero-order chi connectivity index (χ0) is 9.84. The van der Waals surface area contributed by atoms with Crippen LogP contribution in [0, 0.1) is 0 Å². The van der Waals surface area contributed by atoms with Gasteiger partial charge in [-0.2, -0.15) is 11.8 Å². The van der Waals surface area contributed by atoms with Crippen molar-refractivity contribution < 1.29 is 5.21 Å². The minimum Gasteiger partial charge on any atom is -0.409 e. The Labute approximate surface area is 82.9 Å². The van der Waals surface area contributed by atoms with Crippen LogP contribution in [0.15, 0.2) is 5.16 Å². The van der Waals surface area contributed by atoms with Crippen LogP contribution in [-0.4, -0.2) is 34.1 Å². The Morgan fingerprint density at radius 2 is 2.46 bits per heavy atom. The third-order valence-electron chi connectivity index (χ3n) is 2.24. The van der Waals surface area contributed by atoms with Crippen molar-refractivity contribution in [2.45, 2.75) is 37.6 Å². The van der Waals surface area contributed by atoms with Gasteiger partial charge in [0.1, 0.15) is 0 Å². The van der Waals surface area contributed by atoms with Crippen molar-refractivity contribution in [2.75, 3.05) is 5.75 Å². The molecule has 1 fully saturated rings. The minimum absolute atomic E-state index is 0.0408. The molecule has 0 amide bonds. The lowest BCUT2D eigenvalue weighted by molar-refractivity contribution is 0.314. The van der Waals surface area contributed by atoms with Crippen LogP contribution in [0.25, 0.3) is 0 Å². The fourth-order valence-corrected chi connectivity index (χ4v) is 2.62. The summed E-state index contributed by atoms with van der Waals surface area (Å²) in [7, 11) is 0. The number of nitrogens with one attached hydrogen (secondary N) is 1. The highest BCUT2D eigenvalue weighted by Gasteiger charge is 2.23. The number of oxime groups is 1. The zero-order valence-corrected chi connectivity index (χ0v) is 8.84. The third kappa shape index (κ3) is 3.08. The molecule has 0 aromatic carbocycles. The summed E-state index contributed by atoms with van der Waals surface area (Å²) in [6.45, 7) is 4.13. The number of amidine groups is 1. The molecule has 0 aliphatic carbocycles. The van der Waals surface area contributed by atoms with E-state index < -0.39 is 0 Å². The van der Waals surface area contributed by atoms with Crippen LogP contribution in [0.1, 0.15) is 20.3 Å². The molecule has 76 valence electrons. The smallest absolute Gasteiger partial charge is 0.156 e. The monoisotopic (exact) mass is 203 g/mol. The summed E-state index contributed by atoms with van der Waals surface area (Å²) in [5.74, 6) is 1.37. The van der Waals surface area contributed by atoms with E-state index in [2.05, 4.69) is 17.4 Å². The van der Waals surface area contributed by atoms with E-state index in [-0.39, 0.29) is 11.9 Å². The average Bonchev–Trinajstić information content (AvgIpc) is 2.49. The normalized spacial score (nSPS) is 32.0. The Morgan fingerprint density at radius 1 is 1.77 bits per heavy atom. The van der Waals surface area contributed by atoms with Gasteiger partial charge in [-0.1, -0.05) is 12.1 Å². The lowest BCUT2D eigenvalue weighted by Gasteiger charge is -2.17. The summed E-state index contributed by atoms with van der Waals surface area (Å²) in [5, 5.41) is 15.5. The van der Waals surface area contributed by atoms with E-state index in [4.69, 9.17) is 10.9 Å². The molecule has 13 heavy (non-hydrogen) atoms. The molecular formula is C8H17N3OS. The maximum Gasteiger partial charge on any atom is 0.156 e. The second kappa shape index (κ2) is 4.72. The van der Waals surface area contributed by atoms with Crippen LogP contribution in [0.3, 0.4) is 0 Å². The van der Waals surface area contributed by atoms with Gasteiger partial charge in [-0.25, -0.2) is 0 Å². The summed E-state index contributed by atoms with van der Waals surface area (Å²) >= 11 is 1.96. The first-order valence-electron chi connectivity index (χ1n) is 4.48. The fourth-order valence-electron chi connectivity index (χ4n) is 1.46.